The van der Waals surface area contributed by atoms with Crippen LogP contribution in [0.15, 0.2) is 6.33 Å². The third-order valence-corrected chi connectivity index (χ3v) is 0.895. The number of rotatable bonds is 0. The van der Waals surface area contributed by atoms with Gasteiger partial charge in [-0.2, -0.15) is 0 Å². The summed E-state index contributed by atoms with van der Waals surface area (Å²) in [6.07, 6.45) is 1.49. The number of nitrogens with zero attached hydrogens (tertiary/aromatic N) is 2. The lowest BCUT2D eigenvalue weighted by atomic mass is 11.3. The van der Waals surface area contributed by atoms with Crippen molar-refractivity contribution in [2.75, 3.05) is 0 Å². The molecule has 0 aliphatic carbocycles. The quantitative estimate of drug-likeness (QED) is 0.402. The summed E-state index contributed by atoms with van der Waals surface area (Å²) in [7, 11) is 0. The maximum absolute atomic E-state index is 4.60. The number of hydrogen-bond acceptors (Lipinski definition) is 3. The van der Waals surface area contributed by atoms with Gasteiger partial charge in [-0.05, 0) is 25.0 Å². The normalized spacial score (nSPS) is 9.29. The number of H-pyrrole nitrogens is 1. The van der Waals surface area contributed by atoms with Crippen LogP contribution in [0.3, 0.4) is 0 Å². The monoisotopic (exact) mass is 133 g/mol. The maximum Gasteiger partial charge on any atom is 0.214 e. The fraction of sp³-hybridized carbons (Fsp3) is 0. The van der Waals surface area contributed by atoms with Crippen LogP contribution >= 0.6 is 25.0 Å². The van der Waals surface area contributed by atoms with E-state index in [0.717, 1.165) is 0 Å². The minimum absolute atomic E-state index is 0.454. The summed E-state index contributed by atoms with van der Waals surface area (Å²) in [4.78, 5) is 3.66. The van der Waals surface area contributed by atoms with Gasteiger partial charge in [-0.15, -0.1) is 0 Å². The summed E-state index contributed by atoms with van der Waals surface area (Å²) in [6.45, 7) is 0. The van der Waals surface area contributed by atoms with Crippen molar-refractivity contribution in [3.63, 3.8) is 0 Å². The van der Waals surface area contributed by atoms with Gasteiger partial charge in [0.15, 0.2) is 0 Å². The average molecular weight is 133 g/mol. The van der Waals surface area contributed by atoms with Gasteiger partial charge in [0.25, 0.3) is 0 Å². The second-order valence-electron chi connectivity index (χ2n) is 1.01. The van der Waals surface area contributed by atoms with Gasteiger partial charge in [-0.3, -0.25) is 5.10 Å². The lowest BCUT2D eigenvalue weighted by Gasteiger charge is -1.76. The van der Waals surface area contributed by atoms with Crippen molar-refractivity contribution in [3.8, 4) is 0 Å². The number of hydrogen-bond donors (Lipinski definition) is 2. The molecule has 3 nitrogen and oxygen atoms in total. The van der Waals surface area contributed by atoms with Crippen LogP contribution in [0.5, 0.6) is 0 Å². The minimum Gasteiger partial charge on any atom is -0.261 e. The minimum atomic E-state index is 0.454. The van der Waals surface area contributed by atoms with Crippen molar-refractivity contribution < 1.29 is 0 Å². The Morgan fingerprint density at radius 1 is 2.00 bits per heavy atom. The molecule has 0 aliphatic rings. The standard InChI is InChI=1S/C2H3N3S2/c6-2-3-1-5(7)4-2/h1,7H,(H,4,6). The molecule has 1 N–H and O–H groups in total. The first-order chi connectivity index (χ1) is 3.29. The summed E-state index contributed by atoms with van der Waals surface area (Å²) in [5.74, 6) is 0. The zero-order valence-corrected chi connectivity index (χ0v) is 5.04. The lowest BCUT2D eigenvalue weighted by molar-refractivity contribution is 1.01. The van der Waals surface area contributed by atoms with E-state index in [1.807, 2.05) is 0 Å². The molecule has 38 valence electrons. The molecule has 1 rings (SSSR count). The highest BCUT2D eigenvalue weighted by atomic mass is 32.1. The molecule has 5 heteroatoms. The molecule has 0 unspecified atom stereocenters. The molecule has 0 atom stereocenters. The molecule has 1 aromatic heterocycles. The molecular weight excluding hydrogens is 130 g/mol. The van der Waals surface area contributed by atoms with Crippen molar-refractivity contribution in [2.45, 2.75) is 0 Å². The van der Waals surface area contributed by atoms with Crippen LogP contribution in [-0.2, 0) is 0 Å². The first-order valence-corrected chi connectivity index (χ1v) is 2.43. The topological polar surface area (TPSA) is 33.6 Å². The molecule has 0 amide bonds. The van der Waals surface area contributed by atoms with E-state index in [1.54, 1.807) is 0 Å². The Balaban J connectivity index is 3.30. The zero-order valence-electron chi connectivity index (χ0n) is 3.33. The maximum atomic E-state index is 4.60. The van der Waals surface area contributed by atoms with E-state index in [0.29, 0.717) is 4.77 Å². The molecule has 0 bridgehead atoms. The summed E-state index contributed by atoms with van der Waals surface area (Å²) < 4.78 is 1.84. The molecular formula is C2H3N3S2. The van der Waals surface area contributed by atoms with Crippen molar-refractivity contribution in [1.82, 2.24) is 14.2 Å². The van der Waals surface area contributed by atoms with Crippen LogP contribution in [0.2, 0.25) is 0 Å². The Morgan fingerprint density at radius 2 is 2.71 bits per heavy atom. The smallest absolute Gasteiger partial charge is 0.214 e. The van der Waals surface area contributed by atoms with Gasteiger partial charge in [0.05, 0.1) is 0 Å². The highest BCUT2D eigenvalue weighted by Crippen LogP contribution is 1.80. The third kappa shape index (κ3) is 1.04. The van der Waals surface area contributed by atoms with Gasteiger partial charge < -0.3 is 0 Å². The van der Waals surface area contributed by atoms with Crippen molar-refractivity contribution in [3.05, 3.63) is 11.1 Å². The number of aromatic amines is 1. The molecule has 0 aromatic carbocycles. The highest BCUT2D eigenvalue weighted by Gasteiger charge is 1.76. The van der Waals surface area contributed by atoms with Crippen LogP contribution in [0.1, 0.15) is 0 Å². The van der Waals surface area contributed by atoms with Crippen molar-refractivity contribution >= 4 is 25.0 Å². The molecule has 0 spiro atoms. The van der Waals surface area contributed by atoms with Gasteiger partial charge in [-0.25, -0.2) is 9.07 Å². The Morgan fingerprint density at radius 3 is 2.86 bits per heavy atom. The molecule has 0 radical (unpaired) electrons. The van der Waals surface area contributed by atoms with Crippen LogP contribution < -0.4 is 0 Å². The van der Waals surface area contributed by atoms with E-state index in [-0.39, 0.29) is 0 Å². The molecule has 1 heterocycles. The predicted molar refractivity (Wildman–Crippen MR) is 31.8 cm³/mol. The molecule has 0 fully saturated rings. The van der Waals surface area contributed by atoms with E-state index >= 15 is 0 Å². The number of aromatic nitrogens is 3. The van der Waals surface area contributed by atoms with Crippen LogP contribution in [0.25, 0.3) is 0 Å². The van der Waals surface area contributed by atoms with E-state index in [2.05, 4.69) is 35.1 Å². The summed E-state index contributed by atoms with van der Waals surface area (Å²) in [5.41, 5.74) is 0. The second kappa shape index (κ2) is 1.67. The molecule has 0 aliphatic heterocycles. The van der Waals surface area contributed by atoms with Gasteiger partial charge in [0.1, 0.15) is 6.33 Å². The number of nitrogens with one attached hydrogen (secondary N) is 1. The summed E-state index contributed by atoms with van der Waals surface area (Å²) in [6, 6.07) is 0. The Kier molecular flexibility index (Phi) is 1.16. The molecule has 1 aromatic rings. The Bertz CT molecular complexity index is 199. The molecule has 0 saturated carbocycles. The van der Waals surface area contributed by atoms with Gasteiger partial charge in [0.2, 0.25) is 4.77 Å². The van der Waals surface area contributed by atoms with Crippen LogP contribution in [-0.4, -0.2) is 14.2 Å². The lowest BCUT2D eigenvalue weighted by Crippen LogP contribution is -1.75. The summed E-state index contributed by atoms with van der Waals surface area (Å²) >= 11 is 8.43. The highest BCUT2D eigenvalue weighted by molar-refractivity contribution is 7.78. The fourth-order valence-corrected chi connectivity index (χ4v) is 0.622. The predicted octanol–water partition coefficient (Wildman–Crippen LogP) is 0.634. The fourth-order valence-electron chi connectivity index (χ4n) is 0.263. The Labute approximate surface area is 50.9 Å². The van der Waals surface area contributed by atoms with Gasteiger partial charge in [0, 0.05) is 0 Å². The first-order valence-electron chi connectivity index (χ1n) is 1.62. The van der Waals surface area contributed by atoms with Crippen molar-refractivity contribution in [2.24, 2.45) is 0 Å². The van der Waals surface area contributed by atoms with Crippen molar-refractivity contribution in [1.29, 1.82) is 0 Å². The second-order valence-corrected chi connectivity index (χ2v) is 1.82. The van der Waals surface area contributed by atoms with E-state index in [1.165, 1.54) is 10.4 Å². The largest absolute Gasteiger partial charge is 0.261 e. The average Bonchev–Trinajstić information content (AvgIpc) is 1.87. The first kappa shape index (κ1) is 4.86. The van der Waals surface area contributed by atoms with E-state index in [9.17, 15) is 0 Å². The third-order valence-electron chi connectivity index (χ3n) is 0.495. The van der Waals surface area contributed by atoms with Crippen LogP contribution in [0.4, 0.5) is 0 Å². The van der Waals surface area contributed by atoms with Gasteiger partial charge >= 0.3 is 0 Å². The molecule has 7 heavy (non-hydrogen) atoms. The zero-order chi connectivity index (χ0) is 5.28. The van der Waals surface area contributed by atoms with E-state index < -0.39 is 0 Å². The number of thiol groups is 1. The molecule has 0 saturated heterocycles. The summed E-state index contributed by atoms with van der Waals surface area (Å²) in [5, 5.41) is 2.62. The SMILES string of the molecule is S=c1ncn(S)[nH]1. The Hall–Kier alpha value is -0.290. The van der Waals surface area contributed by atoms with Crippen LogP contribution in [0, 0.1) is 4.77 Å². The van der Waals surface area contributed by atoms with Gasteiger partial charge in [-0.1, -0.05) is 0 Å². The van der Waals surface area contributed by atoms with E-state index in [4.69, 9.17) is 0 Å².